The molecule has 0 radical (unpaired) electrons. The molecule has 1 N–H and O–H groups in total. The predicted octanol–water partition coefficient (Wildman–Crippen LogP) is 2.93. The molecule has 0 aliphatic carbocycles. The van der Waals surface area contributed by atoms with Crippen LogP contribution in [0.2, 0.25) is 5.02 Å². The fourth-order valence-corrected chi connectivity index (χ4v) is 2.38. The molecular formula is C15H20ClN3O. The first-order chi connectivity index (χ1) is 9.69. The molecule has 1 heterocycles. The summed E-state index contributed by atoms with van der Waals surface area (Å²) in [5.74, 6) is -0.190. The molecule has 4 nitrogen and oxygen atoms in total. The summed E-state index contributed by atoms with van der Waals surface area (Å²) in [5, 5.41) is 4.86. The van der Waals surface area contributed by atoms with E-state index in [0.29, 0.717) is 10.6 Å². The van der Waals surface area contributed by atoms with E-state index in [1.54, 1.807) is 24.3 Å². The smallest absolute Gasteiger partial charge is 0.271 e. The van der Waals surface area contributed by atoms with Gasteiger partial charge in [-0.15, -0.1) is 0 Å². The van der Waals surface area contributed by atoms with E-state index < -0.39 is 0 Å². The van der Waals surface area contributed by atoms with Crippen molar-refractivity contribution in [2.24, 2.45) is 5.10 Å². The van der Waals surface area contributed by atoms with Crippen molar-refractivity contribution >= 4 is 23.2 Å². The average Bonchev–Trinajstić information content (AvgIpc) is 2.47. The second-order valence-corrected chi connectivity index (χ2v) is 5.40. The molecule has 1 aliphatic rings. The van der Waals surface area contributed by atoms with Crippen LogP contribution in [0, 0.1) is 0 Å². The number of benzene rings is 1. The van der Waals surface area contributed by atoms with Gasteiger partial charge < -0.3 is 4.90 Å². The lowest BCUT2D eigenvalue weighted by Gasteiger charge is -2.26. The number of rotatable bonds is 4. The van der Waals surface area contributed by atoms with Gasteiger partial charge in [0, 0.05) is 42.2 Å². The van der Waals surface area contributed by atoms with Gasteiger partial charge in [0.1, 0.15) is 0 Å². The number of likely N-dealkylation sites (tertiary alicyclic amines) is 1. The Hall–Kier alpha value is -1.39. The number of hydrogen-bond donors (Lipinski definition) is 1. The summed E-state index contributed by atoms with van der Waals surface area (Å²) < 4.78 is 0. The molecule has 108 valence electrons. The molecule has 1 amide bonds. The van der Waals surface area contributed by atoms with E-state index in [9.17, 15) is 4.79 Å². The van der Waals surface area contributed by atoms with E-state index in [1.807, 2.05) is 0 Å². The Morgan fingerprint density at radius 1 is 1.30 bits per heavy atom. The topological polar surface area (TPSA) is 44.7 Å². The first-order valence-corrected chi connectivity index (χ1v) is 7.40. The lowest BCUT2D eigenvalue weighted by molar-refractivity contribution is 0.0954. The van der Waals surface area contributed by atoms with Gasteiger partial charge in [0.15, 0.2) is 0 Å². The van der Waals surface area contributed by atoms with Crippen LogP contribution in [0.25, 0.3) is 0 Å². The molecular weight excluding hydrogens is 274 g/mol. The van der Waals surface area contributed by atoms with Gasteiger partial charge in [-0.25, -0.2) is 5.43 Å². The van der Waals surface area contributed by atoms with Crippen molar-refractivity contribution in [3.63, 3.8) is 0 Å². The predicted molar refractivity (Wildman–Crippen MR) is 82.3 cm³/mol. The average molecular weight is 294 g/mol. The number of carbonyl (C=O) groups excluding carboxylic acids is 1. The number of nitrogens with one attached hydrogen (secondary N) is 1. The minimum absolute atomic E-state index is 0.190. The number of nitrogens with zero attached hydrogens (tertiary/aromatic N) is 2. The highest BCUT2D eigenvalue weighted by molar-refractivity contribution is 6.30. The van der Waals surface area contributed by atoms with Gasteiger partial charge in [-0.3, -0.25) is 4.79 Å². The summed E-state index contributed by atoms with van der Waals surface area (Å²) in [5.41, 5.74) is 4.26. The van der Waals surface area contributed by atoms with Gasteiger partial charge >= 0.3 is 0 Å². The van der Waals surface area contributed by atoms with Gasteiger partial charge in [0.2, 0.25) is 0 Å². The van der Waals surface area contributed by atoms with Crippen LogP contribution in [0.5, 0.6) is 0 Å². The highest BCUT2D eigenvalue weighted by Gasteiger charge is 2.14. The quantitative estimate of drug-likeness (QED) is 0.868. The molecule has 1 aromatic carbocycles. The summed E-state index contributed by atoms with van der Waals surface area (Å²) in [6.07, 6.45) is 3.04. The molecule has 0 atom stereocenters. The van der Waals surface area contributed by atoms with Gasteiger partial charge in [-0.1, -0.05) is 18.5 Å². The van der Waals surface area contributed by atoms with E-state index in [2.05, 4.69) is 22.4 Å². The van der Waals surface area contributed by atoms with E-state index in [4.69, 9.17) is 11.6 Å². The number of piperidine rings is 1. The highest BCUT2D eigenvalue weighted by Crippen LogP contribution is 2.10. The Labute approximate surface area is 124 Å². The van der Waals surface area contributed by atoms with E-state index in [0.717, 1.165) is 38.2 Å². The third kappa shape index (κ3) is 4.32. The van der Waals surface area contributed by atoms with Crippen molar-refractivity contribution in [3.8, 4) is 0 Å². The Bertz CT molecular complexity index is 474. The van der Waals surface area contributed by atoms with Crippen LogP contribution in [-0.4, -0.2) is 36.2 Å². The zero-order valence-electron chi connectivity index (χ0n) is 11.7. The zero-order chi connectivity index (χ0) is 14.4. The number of amides is 1. The van der Waals surface area contributed by atoms with Crippen molar-refractivity contribution in [2.45, 2.75) is 26.2 Å². The van der Waals surface area contributed by atoms with Gasteiger partial charge in [-0.05, 0) is 37.2 Å². The first-order valence-electron chi connectivity index (χ1n) is 7.02. The molecule has 0 bridgehead atoms. The maximum Gasteiger partial charge on any atom is 0.271 e. The van der Waals surface area contributed by atoms with Crippen LogP contribution in [0.15, 0.2) is 29.4 Å². The summed E-state index contributed by atoms with van der Waals surface area (Å²) in [6, 6.07) is 6.79. The second-order valence-electron chi connectivity index (χ2n) is 4.97. The van der Waals surface area contributed by atoms with E-state index in [1.165, 1.54) is 6.42 Å². The molecule has 20 heavy (non-hydrogen) atoms. The van der Waals surface area contributed by atoms with Crippen molar-refractivity contribution in [2.75, 3.05) is 19.6 Å². The fraction of sp³-hybridized carbons (Fsp3) is 0.467. The molecule has 1 aliphatic heterocycles. The molecule has 0 spiro atoms. The summed E-state index contributed by atoms with van der Waals surface area (Å²) in [7, 11) is 0. The summed E-state index contributed by atoms with van der Waals surface area (Å²) in [6.45, 7) is 5.40. The van der Waals surface area contributed by atoms with Crippen LogP contribution < -0.4 is 5.43 Å². The lowest BCUT2D eigenvalue weighted by Crippen LogP contribution is -2.35. The first kappa shape index (κ1) is 15.0. The molecule has 5 heteroatoms. The number of carbonyl (C=O) groups is 1. The van der Waals surface area contributed by atoms with E-state index >= 15 is 0 Å². The number of halogens is 1. The standard InChI is InChI=1S/C15H20ClN3O/c1-2-9-19-10-7-14(8-11-19)17-18-15(20)12-3-5-13(16)6-4-12/h3-6H,2,7-11H2,1H3,(H,18,20). The highest BCUT2D eigenvalue weighted by atomic mass is 35.5. The van der Waals surface area contributed by atoms with Crippen molar-refractivity contribution in [1.82, 2.24) is 10.3 Å². The molecule has 1 aromatic rings. The fourth-order valence-electron chi connectivity index (χ4n) is 2.26. The zero-order valence-corrected chi connectivity index (χ0v) is 12.5. The monoisotopic (exact) mass is 293 g/mol. The lowest BCUT2D eigenvalue weighted by atomic mass is 10.1. The van der Waals surface area contributed by atoms with Gasteiger partial charge in [0.05, 0.1) is 0 Å². The van der Waals surface area contributed by atoms with Gasteiger partial charge in [0.25, 0.3) is 5.91 Å². The largest absolute Gasteiger partial charge is 0.303 e. The SMILES string of the molecule is CCCN1CCC(=NNC(=O)c2ccc(Cl)cc2)CC1. The molecule has 2 rings (SSSR count). The third-order valence-corrected chi connectivity index (χ3v) is 3.65. The number of hydrogen-bond acceptors (Lipinski definition) is 3. The molecule has 0 aromatic heterocycles. The van der Waals surface area contributed by atoms with Crippen LogP contribution >= 0.6 is 11.6 Å². The van der Waals surface area contributed by atoms with Crippen molar-refractivity contribution in [3.05, 3.63) is 34.9 Å². The molecule has 0 unspecified atom stereocenters. The normalized spacial score (nSPS) is 16.0. The van der Waals surface area contributed by atoms with E-state index in [-0.39, 0.29) is 5.91 Å². The molecule has 0 saturated carbocycles. The number of hydrazone groups is 1. The summed E-state index contributed by atoms with van der Waals surface area (Å²) >= 11 is 5.79. The Kier molecular flexibility index (Phi) is 5.56. The van der Waals surface area contributed by atoms with Crippen LogP contribution in [0.4, 0.5) is 0 Å². The minimum atomic E-state index is -0.190. The van der Waals surface area contributed by atoms with Crippen LogP contribution in [0.1, 0.15) is 36.5 Å². The Morgan fingerprint density at radius 3 is 2.55 bits per heavy atom. The third-order valence-electron chi connectivity index (χ3n) is 3.40. The van der Waals surface area contributed by atoms with Crippen LogP contribution in [-0.2, 0) is 0 Å². The Morgan fingerprint density at radius 2 is 1.95 bits per heavy atom. The van der Waals surface area contributed by atoms with Gasteiger partial charge in [-0.2, -0.15) is 5.10 Å². The van der Waals surface area contributed by atoms with Crippen molar-refractivity contribution < 1.29 is 4.79 Å². The molecule has 1 fully saturated rings. The van der Waals surface area contributed by atoms with Crippen molar-refractivity contribution in [1.29, 1.82) is 0 Å². The molecule has 1 saturated heterocycles. The maximum absolute atomic E-state index is 11.9. The minimum Gasteiger partial charge on any atom is -0.303 e. The second kappa shape index (κ2) is 7.41. The maximum atomic E-state index is 11.9. The summed E-state index contributed by atoms with van der Waals surface area (Å²) in [4.78, 5) is 14.3. The Balaban J connectivity index is 1.84. The van der Waals surface area contributed by atoms with Crippen LogP contribution in [0.3, 0.4) is 0 Å².